The Labute approximate surface area is 60.9 Å². The summed E-state index contributed by atoms with van der Waals surface area (Å²) in [6.45, 7) is 6.20. The molecule has 0 saturated carbocycles. The summed E-state index contributed by atoms with van der Waals surface area (Å²) in [5.41, 5.74) is 4.53. The predicted molar refractivity (Wildman–Crippen MR) is 40.9 cm³/mol. The van der Waals surface area contributed by atoms with Crippen LogP contribution in [0.5, 0.6) is 0 Å². The number of nitrogens with one attached hydrogen (secondary N) is 1. The maximum atomic E-state index is 8.82. The average molecular weight is 139 g/mol. The Morgan fingerprint density at radius 3 is 2.00 bits per heavy atom. The van der Waals surface area contributed by atoms with Crippen molar-refractivity contribution in [3.05, 3.63) is 22.5 Å². The van der Waals surface area contributed by atoms with E-state index in [2.05, 4.69) is 11.9 Å². The van der Waals surface area contributed by atoms with Crippen molar-refractivity contribution >= 4 is 0 Å². The lowest BCUT2D eigenvalue weighted by Crippen LogP contribution is -1.84. The maximum Gasteiger partial charge on any atom is 0.0833 e. The third kappa shape index (κ3) is 0.948. The second-order valence-electron chi connectivity index (χ2n) is 2.64. The van der Waals surface area contributed by atoms with Crippen molar-refractivity contribution in [1.82, 2.24) is 4.98 Å². The van der Waals surface area contributed by atoms with E-state index in [0.717, 1.165) is 11.4 Å². The molecule has 2 nitrogen and oxygen atoms in total. The van der Waals surface area contributed by atoms with Crippen molar-refractivity contribution < 1.29 is 5.11 Å². The normalized spacial score (nSPS) is 10.4. The molecule has 1 aromatic rings. The molecular formula is C8H13NO. The molecule has 2 heteroatoms. The van der Waals surface area contributed by atoms with Crippen LogP contribution < -0.4 is 0 Å². The van der Waals surface area contributed by atoms with Crippen LogP contribution >= 0.6 is 0 Å². The Hall–Kier alpha value is -0.760. The van der Waals surface area contributed by atoms with Gasteiger partial charge in [-0.3, -0.25) is 0 Å². The highest BCUT2D eigenvalue weighted by atomic mass is 16.3. The second kappa shape index (κ2) is 2.46. The average Bonchev–Trinajstić information content (AvgIpc) is 2.17. The molecule has 0 atom stereocenters. The summed E-state index contributed by atoms with van der Waals surface area (Å²) in [7, 11) is 0. The van der Waals surface area contributed by atoms with Gasteiger partial charge in [-0.25, -0.2) is 0 Å². The molecule has 0 unspecified atom stereocenters. The minimum atomic E-state index is 0.112. The van der Waals surface area contributed by atoms with Gasteiger partial charge < -0.3 is 10.1 Å². The lowest BCUT2D eigenvalue weighted by Gasteiger charge is -1.91. The molecule has 0 amide bonds. The highest BCUT2D eigenvalue weighted by Crippen LogP contribution is 2.15. The summed E-state index contributed by atoms with van der Waals surface area (Å²) in [4.78, 5) is 3.11. The molecule has 0 radical (unpaired) electrons. The first-order valence-corrected chi connectivity index (χ1v) is 3.42. The molecule has 1 heterocycles. The fraction of sp³-hybridized carbons (Fsp3) is 0.500. The van der Waals surface area contributed by atoms with Crippen LogP contribution in [0.15, 0.2) is 0 Å². The Balaban J connectivity index is 3.17. The van der Waals surface area contributed by atoms with E-state index in [-0.39, 0.29) is 6.61 Å². The maximum absolute atomic E-state index is 8.82. The fourth-order valence-corrected chi connectivity index (χ4v) is 1.08. The van der Waals surface area contributed by atoms with Crippen LogP contribution in [0.3, 0.4) is 0 Å². The Bertz CT molecular complexity index is 238. The SMILES string of the molecule is Cc1[nH]c(CO)c(C)c1C. The van der Waals surface area contributed by atoms with Gasteiger partial charge in [0.15, 0.2) is 0 Å². The zero-order valence-electron chi connectivity index (χ0n) is 6.65. The van der Waals surface area contributed by atoms with Crippen molar-refractivity contribution in [2.75, 3.05) is 0 Å². The van der Waals surface area contributed by atoms with Gasteiger partial charge in [-0.2, -0.15) is 0 Å². The van der Waals surface area contributed by atoms with Crippen LogP contribution in [0.25, 0.3) is 0 Å². The molecule has 0 aromatic carbocycles. The van der Waals surface area contributed by atoms with E-state index in [0.29, 0.717) is 0 Å². The van der Waals surface area contributed by atoms with Crippen LogP contribution in [-0.2, 0) is 6.61 Å². The Morgan fingerprint density at radius 1 is 1.20 bits per heavy atom. The number of H-pyrrole nitrogens is 1. The van der Waals surface area contributed by atoms with Gasteiger partial charge in [0.2, 0.25) is 0 Å². The van der Waals surface area contributed by atoms with Crippen LogP contribution in [0, 0.1) is 20.8 Å². The summed E-state index contributed by atoms with van der Waals surface area (Å²) in [6.07, 6.45) is 0. The van der Waals surface area contributed by atoms with Crippen molar-refractivity contribution in [3.8, 4) is 0 Å². The molecule has 1 aromatic heterocycles. The quantitative estimate of drug-likeness (QED) is 0.606. The van der Waals surface area contributed by atoms with E-state index in [9.17, 15) is 0 Å². The van der Waals surface area contributed by atoms with Gasteiger partial charge >= 0.3 is 0 Å². The van der Waals surface area contributed by atoms with Gasteiger partial charge in [-0.1, -0.05) is 0 Å². The summed E-state index contributed by atoms with van der Waals surface area (Å²) in [5.74, 6) is 0. The van der Waals surface area contributed by atoms with E-state index < -0.39 is 0 Å². The number of aliphatic hydroxyl groups excluding tert-OH is 1. The number of aromatic amines is 1. The summed E-state index contributed by atoms with van der Waals surface area (Å²) < 4.78 is 0. The number of aryl methyl sites for hydroxylation is 1. The first-order chi connectivity index (χ1) is 4.66. The number of aromatic nitrogens is 1. The topological polar surface area (TPSA) is 36.0 Å². The van der Waals surface area contributed by atoms with Crippen LogP contribution in [-0.4, -0.2) is 10.1 Å². The second-order valence-corrected chi connectivity index (χ2v) is 2.64. The lowest BCUT2D eigenvalue weighted by atomic mass is 10.1. The van der Waals surface area contributed by atoms with Crippen molar-refractivity contribution in [2.24, 2.45) is 0 Å². The van der Waals surface area contributed by atoms with Crippen LogP contribution in [0.4, 0.5) is 0 Å². The van der Waals surface area contributed by atoms with Gasteiger partial charge in [-0.05, 0) is 31.9 Å². The number of hydrogen-bond acceptors (Lipinski definition) is 1. The van der Waals surface area contributed by atoms with Gasteiger partial charge in [-0.15, -0.1) is 0 Å². The Kier molecular flexibility index (Phi) is 1.81. The summed E-state index contributed by atoms with van der Waals surface area (Å²) in [5, 5.41) is 8.82. The molecule has 2 N–H and O–H groups in total. The predicted octanol–water partition coefficient (Wildman–Crippen LogP) is 1.43. The number of hydrogen-bond donors (Lipinski definition) is 2. The molecule has 0 saturated heterocycles. The van der Waals surface area contributed by atoms with Gasteiger partial charge in [0, 0.05) is 11.4 Å². The van der Waals surface area contributed by atoms with E-state index in [4.69, 9.17) is 5.11 Å². The Morgan fingerprint density at radius 2 is 1.80 bits per heavy atom. The first-order valence-electron chi connectivity index (χ1n) is 3.42. The van der Waals surface area contributed by atoms with E-state index in [1.807, 2.05) is 13.8 Å². The smallest absolute Gasteiger partial charge is 0.0833 e. The zero-order valence-corrected chi connectivity index (χ0v) is 6.65. The largest absolute Gasteiger partial charge is 0.390 e. The van der Waals surface area contributed by atoms with E-state index >= 15 is 0 Å². The summed E-state index contributed by atoms with van der Waals surface area (Å²) in [6, 6.07) is 0. The molecule has 0 spiro atoms. The molecule has 0 aliphatic carbocycles. The third-order valence-electron chi connectivity index (χ3n) is 2.07. The van der Waals surface area contributed by atoms with E-state index in [1.165, 1.54) is 11.1 Å². The van der Waals surface area contributed by atoms with Crippen LogP contribution in [0.1, 0.15) is 22.5 Å². The molecule has 10 heavy (non-hydrogen) atoms. The minimum absolute atomic E-state index is 0.112. The highest BCUT2D eigenvalue weighted by molar-refractivity contribution is 5.33. The first kappa shape index (κ1) is 7.35. The number of aliphatic hydroxyl groups is 1. The molecule has 1 rings (SSSR count). The fourth-order valence-electron chi connectivity index (χ4n) is 1.08. The van der Waals surface area contributed by atoms with Gasteiger partial charge in [0.05, 0.1) is 6.61 Å². The highest BCUT2D eigenvalue weighted by Gasteiger charge is 2.04. The lowest BCUT2D eigenvalue weighted by molar-refractivity contribution is 0.276. The van der Waals surface area contributed by atoms with Crippen molar-refractivity contribution in [3.63, 3.8) is 0 Å². The zero-order chi connectivity index (χ0) is 7.72. The third-order valence-corrected chi connectivity index (χ3v) is 2.07. The molecule has 0 fully saturated rings. The van der Waals surface area contributed by atoms with Gasteiger partial charge in [0.1, 0.15) is 0 Å². The minimum Gasteiger partial charge on any atom is -0.390 e. The monoisotopic (exact) mass is 139 g/mol. The van der Waals surface area contributed by atoms with Crippen molar-refractivity contribution in [1.29, 1.82) is 0 Å². The standard InChI is InChI=1S/C8H13NO/c1-5-6(2)8(4-10)9-7(5)3/h9-10H,4H2,1-3H3. The van der Waals surface area contributed by atoms with Crippen molar-refractivity contribution in [2.45, 2.75) is 27.4 Å². The van der Waals surface area contributed by atoms with E-state index in [1.54, 1.807) is 0 Å². The van der Waals surface area contributed by atoms with Gasteiger partial charge in [0.25, 0.3) is 0 Å². The molecule has 56 valence electrons. The molecule has 0 bridgehead atoms. The summed E-state index contributed by atoms with van der Waals surface area (Å²) >= 11 is 0. The van der Waals surface area contributed by atoms with Crippen LogP contribution in [0.2, 0.25) is 0 Å². The molecule has 0 aliphatic rings. The molecular weight excluding hydrogens is 126 g/mol. The molecule has 0 aliphatic heterocycles. The number of rotatable bonds is 1.